The maximum absolute atomic E-state index is 12.2. The molecule has 0 aliphatic rings. The monoisotopic (exact) mass is 381 g/mol. The fourth-order valence-corrected chi connectivity index (χ4v) is 3.41. The summed E-state index contributed by atoms with van der Waals surface area (Å²) < 4.78 is 2.00. The van der Waals surface area contributed by atoms with E-state index in [2.05, 4.69) is 19.2 Å². The zero-order valence-electron chi connectivity index (χ0n) is 16.9. The van der Waals surface area contributed by atoms with Crippen molar-refractivity contribution in [3.05, 3.63) is 29.0 Å². The molecule has 26 heavy (non-hydrogen) atoms. The van der Waals surface area contributed by atoms with Crippen molar-refractivity contribution in [3.8, 4) is 0 Å². The molecule has 4 heteroatoms. The first-order valence-electron chi connectivity index (χ1n) is 10.7. The van der Waals surface area contributed by atoms with Crippen molar-refractivity contribution in [2.24, 2.45) is 0 Å². The maximum atomic E-state index is 12.2. The van der Waals surface area contributed by atoms with Crippen molar-refractivity contribution in [2.45, 2.75) is 97.4 Å². The minimum Gasteiger partial charge on any atom is -0.352 e. The van der Waals surface area contributed by atoms with Crippen molar-refractivity contribution in [3.63, 3.8) is 0 Å². The molecular weight excluding hydrogens is 344 g/mol. The number of carbonyl (C=O) groups excluding carboxylic acids is 1. The minimum absolute atomic E-state index is 0.0686. The standard InChI is InChI=1S/C22H37ClN2O/c1-3-5-7-8-9-10-11-12-13-14-18-25-19-15-16-20(21(25)23)22(26)24-17-6-4-2/h15-16,19H,3-14,17-18H2,1-2H3/p+1. The van der Waals surface area contributed by atoms with E-state index < -0.39 is 0 Å². The van der Waals surface area contributed by atoms with Crippen molar-refractivity contribution in [1.82, 2.24) is 5.32 Å². The lowest BCUT2D eigenvalue weighted by Crippen LogP contribution is -2.37. The molecule has 0 unspecified atom stereocenters. The van der Waals surface area contributed by atoms with Crippen LogP contribution >= 0.6 is 11.6 Å². The van der Waals surface area contributed by atoms with Gasteiger partial charge in [-0.15, -0.1) is 0 Å². The maximum Gasteiger partial charge on any atom is 0.287 e. The van der Waals surface area contributed by atoms with Crippen LogP contribution in [0.25, 0.3) is 0 Å². The van der Waals surface area contributed by atoms with Crippen molar-refractivity contribution in [1.29, 1.82) is 0 Å². The van der Waals surface area contributed by atoms with Gasteiger partial charge in [0.15, 0.2) is 6.20 Å². The number of nitrogens with one attached hydrogen (secondary N) is 1. The van der Waals surface area contributed by atoms with E-state index in [9.17, 15) is 4.79 Å². The van der Waals surface area contributed by atoms with Gasteiger partial charge in [0.1, 0.15) is 12.1 Å². The van der Waals surface area contributed by atoms with Crippen LogP contribution in [-0.2, 0) is 6.54 Å². The molecule has 0 spiro atoms. The van der Waals surface area contributed by atoms with Gasteiger partial charge in [0.25, 0.3) is 11.1 Å². The summed E-state index contributed by atoms with van der Waals surface area (Å²) in [5.74, 6) is -0.0686. The van der Waals surface area contributed by atoms with E-state index in [1.165, 1.54) is 57.8 Å². The van der Waals surface area contributed by atoms with Gasteiger partial charge in [-0.05, 0) is 30.5 Å². The zero-order valence-corrected chi connectivity index (χ0v) is 17.6. The number of unbranched alkanes of at least 4 members (excludes halogenated alkanes) is 10. The third kappa shape index (κ3) is 9.56. The molecular formula is C22H38ClN2O+. The first-order valence-corrected chi connectivity index (χ1v) is 11.0. The number of hydrogen-bond donors (Lipinski definition) is 1. The Kier molecular flexibility index (Phi) is 13.3. The first-order chi connectivity index (χ1) is 12.7. The molecule has 0 aliphatic carbocycles. The number of nitrogens with zero attached hydrogens (tertiary/aromatic N) is 1. The number of hydrogen-bond acceptors (Lipinski definition) is 1. The topological polar surface area (TPSA) is 33.0 Å². The second-order valence-electron chi connectivity index (χ2n) is 7.20. The number of carbonyl (C=O) groups is 1. The molecule has 0 bridgehead atoms. The molecule has 1 amide bonds. The highest BCUT2D eigenvalue weighted by molar-refractivity contribution is 6.31. The van der Waals surface area contributed by atoms with Crippen LogP contribution in [0.3, 0.4) is 0 Å². The summed E-state index contributed by atoms with van der Waals surface area (Å²) in [5, 5.41) is 3.49. The Bertz CT molecular complexity index is 505. The van der Waals surface area contributed by atoms with Crippen LogP contribution in [0.2, 0.25) is 5.15 Å². The highest BCUT2D eigenvalue weighted by Crippen LogP contribution is 2.13. The van der Waals surface area contributed by atoms with E-state index in [1.54, 1.807) is 6.07 Å². The van der Waals surface area contributed by atoms with E-state index >= 15 is 0 Å². The number of rotatable bonds is 15. The predicted molar refractivity (Wildman–Crippen MR) is 111 cm³/mol. The van der Waals surface area contributed by atoms with Crippen LogP contribution in [0.15, 0.2) is 18.3 Å². The van der Waals surface area contributed by atoms with Crippen LogP contribution in [0.5, 0.6) is 0 Å². The van der Waals surface area contributed by atoms with Gasteiger partial charge >= 0.3 is 0 Å². The zero-order chi connectivity index (χ0) is 19.0. The fraction of sp³-hybridized carbons (Fsp3) is 0.727. The Balaban J connectivity index is 2.24. The van der Waals surface area contributed by atoms with Crippen LogP contribution in [0, 0.1) is 0 Å². The van der Waals surface area contributed by atoms with E-state index in [4.69, 9.17) is 11.6 Å². The largest absolute Gasteiger partial charge is 0.352 e. The van der Waals surface area contributed by atoms with Crippen molar-refractivity contribution >= 4 is 17.5 Å². The van der Waals surface area contributed by atoms with Crippen molar-refractivity contribution in [2.75, 3.05) is 6.54 Å². The molecule has 1 aromatic heterocycles. The highest BCUT2D eigenvalue weighted by Gasteiger charge is 2.18. The molecule has 3 nitrogen and oxygen atoms in total. The van der Waals surface area contributed by atoms with Gasteiger partial charge < -0.3 is 5.32 Å². The molecule has 1 N–H and O–H groups in total. The van der Waals surface area contributed by atoms with Crippen LogP contribution < -0.4 is 9.88 Å². The molecule has 148 valence electrons. The number of aryl methyl sites for hydroxylation is 1. The summed E-state index contributed by atoms with van der Waals surface area (Å²) in [6.07, 6.45) is 17.3. The van der Waals surface area contributed by atoms with E-state index in [0.717, 1.165) is 25.8 Å². The summed E-state index contributed by atoms with van der Waals surface area (Å²) in [4.78, 5) is 12.2. The van der Waals surface area contributed by atoms with Crippen LogP contribution in [0.1, 0.15) is 101 Å². The van der Waals surface area contributed by atoms with Gasteiger partial charge in [-0.3, -0.25) is 4.79 Å². The number of pyridine rings is 1. The van der Waals surface area contributed by atoms with Crippen LogP contribution in [0.4, 0.5) is 0 Å². The summed E-state index contributed by atoms with van der Waals surface area (Å²) in [5.41, 5.74) is 0.581. The lowest BCUT2D eigenvalue weighted by atomic mass is 10.1. The third-order valence-corrected chi connectivity index (χ3v) is 5.24. The van der Waals surface area contributed by atoms with Gasteiger partial charge in [0.2, 0.25) is 0 Å². The third-order valence-electron chi connectivity index (χ3n) is 4.82. The molecule has 1 aromatic rings. The number of aromatic nitrogens is 1. The molecule has 0 aromatic carbocycles. The molecule has 1 rings (SSSR count). The first kappa shape index (κ1) is 23.0. The molecule has 0 radical (unpaired) electrons. The predicted octanol–water partition coefficient (Wildman–Crippen LogP) is 6.08. The Hall–Kier alpha value is -1.09. The number of halogens is 1. The molecule has 0 fully saturated rings. The molecule has 0 atom stereocenters. The van der Waals surface area contributed by atoms with Crippen molar-refractivity contribution < 1.29 is 9.36 Å². The average Bonchev–Trinajstić information content (AvgIpc) is 2.64. The van der Waals surface area contributed by atoms with E-state index in [0.29, 0.717) is 17.3 Å². The quantitative estimate of drug-likeness (QED) is 0.223. The molecule has 0 saturated heterocycles. The lowest BCUT2D eigenvalue weighted by Gasteiger charge is -2.06. The van der Waals surface area contributed by atoms with Crippen LogP contribution in [-0.4, -0.2) is 12.5 Å². The summed E-state index contributed by atoms with van der Waals surface area (Å²) in [7, 11) is 0. The van der Waals surface area contributed by atoms with Gasteiger partial charge in [-0.2, -0.15) is 4.57 Å². The average molecular weight is 382 g/mol. The summed E-state index contributed by atoms with van der Waals surface area (Å²) in [6.45, 7) is 5.96. The van der Waals surface area contributed by atoms with Gasteiger partial charge in [0.05, 0.1) is 0 Å². The van der Waals surface area contributed by atoms with E-state index in [1.807, 2.05) is 16.8 Å². The van der Waals surface area contributed by atoms with E-state index in [-0.39, 0.29) is 5.91 Å². The summed E-state index contributed by atoms with van der Waals surface area (Å²) >= 11 is 6.44. The SMILES string of the molecule is CCCCCCCCCCCC[n+]1cccc(C(=O)NCCCC)c1Cl. The molecule has 0 saturated carbocycles. The second-order valence-corrected chi connectivity index (χ2v) is 7.56. The molecule has 1 heterocycles. The Morgan fingerprint density at radius 1 is 0.923 bits per heavy atom. The Morgan fingerprint density at radius 2 is 1.50 bits per heavy atom. The normalized spacial score (nSPS) is 10.9. The Labute approximate surface area is 165 Å². The smallest absolute Gasteiger partial charge is 0.287 e. The number of amides is 1. The minimum atomic E-state index is -0.0686. The van der Waals surface area contributed by atoms with Gasteiger partial charge in [0, 0.05) is 19.0 Å². The molecule has 0 aliphatic heterocycles. The summed E-state index contributed by atoms with van der Waals surface area (Å²) in [6, 6.07) is 3.72. The highest BCUT2D eigenvalue weighted by atomic mass is 35.5. The fourth-order valence-electron chi connectivity index (χ4n) is 3.12. The van der Waals surface area contributed by atoms with Gasteiger partial charge in [-0.1, -0.05) is 71.6 Å². The van der Waals surface area contributed by atoms with Gasteiger partial charge in [-0.25, -0.2) is 0 Å². The lowest BCUT2D eigenvalue weighted by molar-refractivity contribution is -0.695. The second kappa shape index (κ2) is 15.0. The Morgan fingerprint density at radius 3 is 2.12 bits per heavy atom.